The van der Waals surface area contributed by atoms with E-state index in [1.807, 2.05) is 31.2 Å². The van der Waals surface area contributed by atoms with Crippen LogP contribution >= 0.6 is 0 Å². The molecule has 2 amide bonds. The molecule has 5 heteroatoms. The molecule has 0 saturated heterocycles. The molecule has 1 aliphatic rings. The number of benzene rings is 2. The largest absolute Gasteiger partial charge is 0.355 e. The van der Waals surface area contributed by atoms with Gasteiger partial charge < -0.3 is 10.6 Å². The minimum atomic E-state index is -0.578. The van der Waals surface area contributed by atoms with Gasteiger partial charge in [0.15, 0.2) is 0 Å². The number of amides is 2. The lowest BCUT2D eigenvalue weighted by atomic mass is 9.89. The van der Waals surface area contributed by atoms with Crippen molar-refractivity contribution in [2.24, 2.45) is 0 Å². The summed E-state index contributed by atoms with van der Waals surface area (Å²) in [6, 6.07) is 12.1. The highest BCUT2D eigenvalue weighted by Gasteiger charge is 2.30. The molecule has 24 heavy (non-hydrogen) atoms. The Morgan fingerprint density at radius 1 is 1.29 bits per heavy atom. The highest BCUT2D eigenvalue weighted by atomic mass is 19.1. The lowest BCUT2D eigenvalue weighted by molar-refractivity contribution is -0.126. The first-order valence-corrected chi connectivity index (χ1v) is 7.96. The van der Waals surface area contributed by atoms with Crippen LogP contribution in [0.15, 0.2) is 42.5 Å². The summed E-state index contributed by atoms with van der Waals surface area (Å²) in [6.07, 6.45) is 0.808. The molecule has 2 aromatic rings. The van der Waals surface area contributed by atoms with Gasteiger partial charge in [-0.2, -0.15) is 0 Å². The maximum atomic E-state index is 13.3. The first kappa shape index (κ1) is 16.2. The van der Waals surface area contributed by atoms with Crippen LogP contribution in [0.1, 0.15) is 29.0 Å². The summed E-state index contributed by atoms with van der Waals surface area (Å²) in [5, 5.41) is 5.51. The van der Waals surface area contributed by atoms with E-state index in [2.05, 4.69) is 10.6 Å². The molecule has 124 valence electrons. The summed E-state index contributed by atoms with van der Waals surface area (Å²) in [6.45, 7) is 2.53. The zero-order valence-electron chi connectivity index (χ0n) is 13.4. The van der Waals surface area contributed by atoms with Crippen LogP contribution < -0.4 is 10.6 Å². The van der Waals surface area contributed by atoms with Gasteiger partial charge >= 0.3 is 0 Å². The molecule has 2 N–H and O–H groups in total. The van der Waals surface area contributed by atoms with Gasteiger partial charge in [0.05, 0.1) is 5.92 Å². The number of anilines is 1. The van der Waals surface area contributed by atoms with E-state index in [9.17, 15) is 14.0 Å². The number of hydrogen-bond acceptors (Lipinski definition) is 2. The third-order valence-electron chi connectivity index (χ3n) is 4.33. The normalized spacial score (nSPS) is 16.2. The first-order chi connectivity index (χ1) is 11.5. The van der Waals surface area contributed by atoms with Gasteiger partial charge in [0, 0.05) is 18.7 Å². The summed E-state index contributed by atoms with van der Waals surface area (Å²) < 4.78 is 13.3. The van der Waals surface area contributed by atoms with E-state index >= 15 is 0 Å². The maximum Gasteiger partial charge on any atom is 0.228 e. The SMILES string of the molecule is Cc1ccccc1CCNC(=O)C1CC(=O)Nc2cc(F)ccc21. The maximum absolute atomic E-state index is 13.3. The molecule has 0 aliphatic carbocycles. The van der Waals surface area contributed by atoms with Crippen LogP contribution in [0.25, 0.3) is 0 Å². The predicted octanol–water partition coefficient (Wildman–Crippen LogP) is 2.92. The molecule has 2 aromatic carbocycles. The fraction of sp³-hybridized carbons (Fsp3) is 0.263. The number of rotatable bonds is 4. The Hall–Kier alpha value is -2.69. The van der Waals surface area contributed by atoms with Crippen molar-refractivity contribution < 1.29 is 14.0 Å². The van der Waals surface area contributed by atoms with E-state index < -0.39 is 11.7 Å². The van der Waals surface area contributed by atoms with Crippen molar-refractivity contribution in [1.29, 1.82) is 0 Å². The second kappa shape index (κ2) is 6.83. The third-order valence-corrected chi connectivity index (χ3v) is 4.33. The van der Waals surface area contributed by atoms with Gasteiger partial charge in [-0.1, -0.05) is 30.3 Å². The van der Waals surface area contributed by atoms with Gasteiger partial charge in [-0.05, 0) is 42.2 Å². The van der Waals surface area contributed by atoms with Crippen LogP contribution in [0.2, 0.25) is 0 Å². The second-order valence-electron chi connectivity index (χ2n) is 6.00. The molecule has 0 spiro atoms. The Morgan fingerprint density at radius 2 is 2.08 bits per heavy atom. The van der Waals surface area contributed by atoms with E-state index in [1.54, 1.807) is 6.07 Å². The van der Waals surface area contributed by atoms with Gasteiger partial charge in [0.25, 0.3) is 0 Å². The van der Waals surface area contributed by atoms with E-state index in [4.69, 9.17) is 0 Å². The van der Waals surface area contributed by atoms with Crippen molar-refractivity contribution in [3.63, 3.8) is 0 Å². The fourth-order valence-corrected chi connectivity index (χ4v) is 3.01. The van der Waals surface area contributed by atoms with Crippen molar-refractivity contribution >= 4 is 17.5 Å². The smallest absolute Gasteiger partial charge is 0.228 e. The zero-order valence-corrected chi connectivity index (χ0v) is 13.4. The Kier molecular flexibility index (Phi) is 4.60. The highest BCUT2D eigenvalue weighted by Crippen LogP contribution is 2.32. The Balaban J connectivity index is 1.67. The summed E-state index contributed by atoms with van der Waals surface area (Å²) in [5.74, 6) is -1.49. The molecule has 0 bridgehead atoms. The number of fused-ring (bicyclic) bond motifs is 1. The monoisotopic (exact) mass is 326 g/mol. The number of carbonyl (C=O) groups is 2. The molecule has 1 heterocycles. The molecule has 1 unspecified atom stereocenters. The first-order valence-electron chi connectivity index (χ1n) is 7.96. The lowest BCUT2D eigenvalue weighted by Gasteiger charge is -2.25. The van der Waals surface area contributed by atoms with Crippen LogP contribution in [0.5, 0.6) is 0 Å². The van der Waals surface area contributed by atoms with Crippen molar-refractivity contribution in [1.82, 2.24) is 5.32 Å². The molecular formula is C19H19FN2O2. The molecule has 0 fully saturated rings. The minimum Gasteiger partial charge on any atom is -0.355 e. The van der Waals surface area contributed by atoms with E-state index in [-0.39, 0.29) is 18.2 Å². The number of aryl methyl sites for hydroxylation is 1. The molecule has 0 radical (unpaired) electrons. The highest BCUT2D eigenvalue weighted by molar-refractivity contribution is 6.01. The molecule has 1 atom stereocenters. The van der Waals surface area contributed by atoms with Crippen molar-refractivity contribution in [3.8, 4) is 0 Å². The predicted molar refractivity (Wildman–Crippen MR) is 90.3 cm³/mol. The van der Waals surface area contributed by atoms with Crippen LogP contribution in [0.3, 0.4) is 0 Å². The topological polar surface area (TPSA) is 58.2 Å². The molecule has 0 aromatic heterocycles. The average molecular weight is 326 g/mol. The molecular weight excluding hydrogens is 307 g/mol. The van der Waals surface area contributed by atoms with E-state index in [1.165, 1.54) is 23.3 Å². The molecule has 1 aliphatic heterocycles. The van der Waals surface area contributed by atoms with Crippen LogP contribution in [0.4, 0.5) is 10.1 Å². The minimum absolute atomic E-state index is 0.0782. The Labute approximate surface area is 140 Å². The van der Waals surface area contributed by atoms with E-state index in [0.29, 0.717) is 17.8 Å². The average Bonchev–Trinajstić information content (AvgIpc) is 2.55. The Bertz CT molecular complexity index is 789. The summed E-state index contributed by atoms with van der Waals surface area (Å²) >= 11 is 0. The molecule has 0 saturated carbocycles. The van der Waals surface area contributed by atoms with Crippen LogP contribution in [0, 0.1) is 12.7 Å². The summed E-state index contributed by atoms with van der Waals surface area (Å²) in [4.78, 5) is 24.3. The fourth-order valence-electron chi connectivity index (χ4n) is 3.01. The van der Waals surface area contributed by atoms with E-state index in [0.717, 1.165) is 6.42 Å². The third kappa shape index (κ3) is 3.45. The number of halogens is 1. The van der Waals surface area contributed by atoms with Crippen molar-refractivity contribution in [2.45, 2.75) is 25.7 Å². The second-order valence-corrected chi connectivity index (χ2v) is 6.00. The van der Waals surface area contributed by atoms with Crippen LogP contribution in [-0.4, -0.2) is 18.4 Å². The zero-order chi connectivity index (χ0) is 17.1. The van der Waals surface area contributed by atoms with Crippen molar-refractivity contribution in [3.05, 3.63) is 65.0 Å². The van der Waals surface area contributed by atoms with Gasteiger partial charge in [-0.3, -0.25) is 9.59 Å². The Morgan fingerprint density at radius 3 is 2.88 bits per heavy atom. The summed E-state index contributed by atoms with van der Waals surface area (Å²) in [7, 11) is 0. The van der Waals surface area contributed by atoms with Crippen molar-refractivity contribution in [2.75, 3.05) is 11.9 Å². The standard InChI is InChI=1S/C19H19FN2O2/c1-12-4-2-3-5-13(12)8-9-21-19(24)16-11-18(23)22-17-10-14(20)6-7-15(16)17/h2-7,10,16H,8-9,11H2,1H3,(H,21,24)(H,22,23). The lowest BCUT2D eigenvalue weighted by Crippen LogP contribution is -2.36. The number of carbonyl (C=O) groups excluding carboxylic acids is 2. The van der Waals surface area contributed by atoms with Gasteiger partial charge in [0.2, 0.25) is 11.8 Å². The van der Waals surface area contributed by atoms with Gasteiger partial charge in [-0.25, -0.2) is 4.39 Å². The number of hydrogen-bond donors (Lipinski definition) is 2. The quantitative estimate of drug-likeness (QED) is 0.907. The van der Waals surface area contributed by atoms with Crippen LogP contribution in [-0.2, 0) is 16.0 Å². The number of nitrogens with one attached hydrogen (secondary N) is 2. The summed E-state index contributed by atoms with van der Waals surface area (Å²) in [5.41, 5.74) is 3.40. The molecule has 3 rings (SSSR count). The van der Waals surface area contributed by atoms with Gasteiger partial charge in [0.1, 0.15) is 5.82 Å². The van der Waals surface area contributed by atoms with Gasteiger partial charge in [-0.15, -0.1) is 0 Å². The molecule has 4 nitrogen and oxygen atoms in total.